The van der Waals surface area contributed by atoms with E-state index in [2.05, 4.69) is 67.5 Å². The predicted octanol–water partition coefficient (Wildman–Crippen LogP) is 4.97. The molecule has 0 aromatic rings. The first kappa shape index (κ1) is 13.5. The van der Waals surface area contributed by atoms with Crippen LogP contribution >= 0.6 is 0 Å². The van der Waals surface area contributed by atoms with Crippen LogP contribution in [0.4, 0.5) is 0 Å². The predicted molar refractivity (Wildman–Crippen MR) is 66.4 cm³/mol. The van der Waals surface area contributed by atoms with Crippen molar-refractivity contribution in [1.29, 1.82) is 0 Å². The monoisotopic (exact) mass is 194 g/mol. The summed E-state index contributed by atoms with van der Waals surface area (Å²) in [5, 5.41) is 0. The van der Waals surface area contributed by atoms with Crippen molar-refractivity contribution in [2.24, 2.45) is 10.8 Å². The second-order valence-electron chi connectivity index (χ2n) is 5.99. The number of rotatable bonds is 2. The first-order chi connectivity index (χ1) is 6.08. The van der Waals surface area contributed by atoms with Gasteiger partial charge in [-0.05, 0) is 31.6 Å². The molecule has 0 aliphatic rings. The Bertz CT molecular complexity index is 240. The number of hydrogen-bond acceptors (Lipinski definition) is 0. The summed E-state index contributed by atoms with van der Waals surface area (Å²) in [6.07, 6.45) is 4.58. The summed E-state index contributed by atoms with van der Waals surface area (Å²) in [4.78, 5) is 0. The van der Waals surface area contributed by atoms with Crippen LogP contribution in [0.2, 0.25) is 0 Å². The van der Waals surface area contributed by atoms with Gasteiger partial charge in [0, 0.05) is 0 Å². The lowest BCUT2D eigenvalue weighted by molar-refractivity contribution is 0.193. The van der Waals surface area contributed by atoms with Gasteiger partial charge in [0.25, 0.3) is 0 Å². The van der Waals surface area contributed by atoms with Gasteiger partial charge in [0.15, 0.2) is 0 Å². The summed E-state index contributed by atoms with van der Waals surface area (Å²) >= 11 is 0. The molecule has 0 radical (unpaired) electrons. The van der Waals surface area contributed by atoms with Gasteiger partial charge < -0.3 is 0 Å². The molecule has 0 saturated carbocycles. The lowest BCUT2D eigenvalue weighted by Gasteiger charge is -2.36. The minimum Gasteiger partial charge on any atom is -0.0781 e. The van der Waals surface area contributed by atoms with E-state index in [1.54, 1.807) is 0 Å². The fraction of sp³-hybridized carbons (Fsp3) is 0.714. The zero-order valence-corrected chi connectivity index (χ0v) is 11.2. The maximum Gasteiger partial charge on any atom is -0.0123 e. The lowest BCUT2D eigenvalue weighted by atomic mass is 9.69. The summed E-state index contributed by atoms with van der Waals surface area (Å²) in [7, 11) is 0. The van der Waals surface area contributed by atoms with Gasteiger partial charge in [-0.3, -0.25) is 0 Å². The number of hydrogen-bond donors (Lipinski definition) is 0. The van der Waals surface area contributed by atoms with Crippen molar-refractivity contribution in [3.8, 4) is 0 Å². The van der Waals surface area contributed by atoms with Crippen LogP contribution < -0.4 is 0 Å². The molecule has 0 rings (SSSR count). The summed E-state index contributed by atoms with van der Waals surface area (Å²) in [6, 6.07) is 0. The van der Waals surface area contributed by atoms with Gasteiger partial charge in [-0.1, -0.05) is 57.9 Å². The van der Waals surface area contributed by atoms with Gasteiger partial charge in [-0.25, -0.2) is 0 Å². The van der Waals surface area contributed by atoms with E-state index in [1.807, 2.05) is 0 Å². The standard InChI is InChI=1S/C14H26/c1-11(2)12(3)9-10-14(7,8)13(4,5)6/h9-10H,1-8H3. The molecule has 0 N–H and O–H groups in total. The highest BCUT2D eigenvalue weighted by atomic mass is 14.3. The van der Waals surface area contributed by atoms with Gasteiger partial charge >= 0.3 is 0 Å². The van der Waals surface area contributed by atoms with Crippen LogP contribution in [0.3, 0.4) is 0 Å². The highest BCUT2D eigenvalue weighted by molar-refractivity contribution is 5.22. The van der Waals surface area contributed by atoms with Crippen molar-refractivity contribution in [2.45, 2.75) is 55.4 Å². The highest BCUT2D eigenvalue weighted by Gasteiger charge is 2.29. The molecule has 14 heavy (non-hydrogen) atoms. The van der Waals surface area contributed by atoms with Crippen molar-refractivity contribution < 1.29 is 0 Å². The normalized spacial score (nSPS) is 13.4. The average Bonchev–Trinajstić information content (AvgIpc) is 1.97. The summed E-state index contributed by atoms with van der Waals surface area (Å²) < 4.78 is 0. The highest BCUT2D eigenvalue weighted by Crippen LogP contribution is 2.39. The third kappa shape index (κ3) is 3.69. The first-order valence-electron chi connectivity index (χ1n) is 5.41. The zero-order valence-electron chi connectivity index (χ0n) is 11.2. The van der Waals surface area contributed by atoms with E-state index in [4.69, 9.17) is 0 Å². The molecule has 0 fully saturated rings. The van der Waals surface area contributed by atoms with Crippen LogP contribution in [-0.2, 0) is 0 Å². The molecule has 0 atom stereocenters. The van der Waals surface area contributed by atoms with Crippen molar-refractivity contribution in [2.75, 3.05) is 0 Å². The Morgan fingerprint density at radius 1 is 0.857 bits per heavy atom. The van der Waals surface area contributed by atoms with Crippen LogP contribution in [-0.4, -0.2) is 0 Å². The molecule has 0 heterocycles. The largest absolute Gasteiger partial charge is 0.0781 e. The fourth-order valence-corrected chi connectivity index (χ4v) is 0.750. The van der Waals surface area contributed by atoms with Gasteiger partial charge in [-0.15, -0.1) is 0 Å². The molecule has 0 aliphatic heterocycles. The molecule has 0 bridgehead atoms. The molecule has 0 saturated heterocycles. The Labute approximate surface area is 90.1 Å². The molecule has 0 nitrogen and oxygen atoms in total. The summed E-state index contributed by atoms with van der Waals surface area (Å²) in [5.41, 5.74) is 3.32. The Balaban J connectivity index is 4.77. The molecule has 0 aromatic carbocycles. The van der Waals surface area contributed by atoms with Crippen LogP contribution in [0, 0.1) is 10.8 Å². The Morgan fingerprint density at radius 2 is 1.29 bits per heavy atom. The van der Waals surface area contributed by atoms with Crippen LogP contribution in [0.25, 0.3) is 0 Å². The van der Waals surface area contributed by atoms with E-state index in [9.17, 15) is 0 Å². The topological polar surface area (TPSA) is 0 Å². The van der Waals surface area contributed by atoms with Gasteiger partial charge in [0.2, 0.25) is 0 Å². The second kappa shape index (κ2) is 4.33. The molecular weight excluding hydrogens is 168 g/mol. The molecule has 0 aromatic heterocycles. The molecule has 0 aliphatic carbocycles. The smallest absolute Gasteiger partial charge is 0.0123 e. The molecular formula is C14H26. The maximum absolute atomic E-state index is 2.33. The minimum atomic E-state index is 0.240. The Hall–Kier alpha value is -0.520. The van der Waals surface area contributed by atoms with Crippen LogP contribution in [0.1, 0.15) is 55.4 Å². The van der Waals surface area contributed by atoms with Gasteiger partial charge in [0.1, 0.15) is 0 Å². The Kier molecular flexibility index (Phi) is 4.17. The van der Waals surface area contributed by atoms with Crippen LogP contribution in [0.15, 0.2) is 23.3 Å². The second-order valence-corrected chi connectivity index (χ2v) is 5.99. The third-order valence-corrected chi connectivity index (χ3v) is 3.47. The number of allylic oxidation sites excluding steroid dienone is 4. The molecule has 0 heteroatoms. The zero-order chi connectivity index (χ0) is 11.6. The van der Waals surface area contributed by atoms with Crippen molar-refractivity contribution in [3.05, 3.63) is 23.3 Å². The first-order valence-corrected chi connectivity index (χ1v) is 5.41. The summed E-state index contributed by atoms with van der Waals surface area (Å²) in [6.45, 7) is 17.9. The quantitative estimate of drug-likeness (QED) is 0.544. The molecule has 0 unspecified atom stereocenters. The van der Waals surface area contributed by atoms with Crippen molar-refractivity contribution in [3.63, 3.8) is 0 Å². The van der Waals surface area contributed by atoms with E-state index in [1.165, 1.54) is 11.1 Å². The molecule has 0 amide bonds. The van der Waals surface area contributed by atoms with Crippen molar-refractivity contribution >= 4 is 0 Å². The average molecular weight is 194 g/mol. The Morgan fingerprint density at radius 3 is 1.57 bits per heavy atom. The SMILES string of the molecule is CC(C)=C(C)C=CC(C)(C)C(C)(C)C. The van der Waals surface area contributed by atoms with Gasteiger partial charge in [0.05, 0.1) is 0 Å². The van der Waals surface area contributed by atoms with E-state index in [-0.39, 0.29) is 5.41 Å². The lowest BCUT2D eigenvalue weighted by Crippen LogP contribution is -2.27. The van der Waals surface area contributed by atoms with Crippen molar-refractivity contribution in [1.82, 2.24) is 0 Å². The third-order valence-electron chi connectivity index (χ3n) is 3.47. The maximum atomic E-state index is 2.33. The molecule has 82 valence electrons. The molecule has 0 spiro atoms. The van der Waals surface area contributed by atoms with E-state index >= 15 is 0 Å². The minimum absolute atomic E-state index is 0.240. The summed E-state index contributed by atoms with van der Waals surface area (Å²) in [5.74, 6) is 0. The van der Waals surface area contributed by atoms with Gasteiger partial charge in [-0.2, -0.15) is 0 Å². The van der Waals surface area contributed by atoms with E-state index < -0.39 is 0 Å². The van der Waals surface area contributed by atoms with E-state index in [0.717, 1.165) is 0 Å². The van der Waals surface area contributed by atoms with E-state index in [0.29, 0.717) is 5.41 Å². The fourth-order valence-electron chi connectivity index (χ4n) is 0.750. The van der Waals surface area contributed by atoms with Crippen LogP contribution in [0.5, 0.6) is 0 Å².